The first-order valence-electron chi connectivity index (χ1n) is 4.28. The van der Waals surface area contributed by atoms with Crippen molar-refractivity contribution in [2.75, 3.05) is 0 Å². The third-order valence-corrected chi connectivity index (χ3v) is 2.36. The van der Waals surface area contributed by atoms with Crippen LogP contribution in [0.15, 0.2) is 30.5 Å². The number of benzene rings is 1. The summed E-state index contributed by atoms with van der Waals surface area (Å²) in [7, 11) is 0. The van der Waals surface area contributed by atoms with Gasteiger partial charge in [0.2, 0.25) is 0 Å². The lowest BCUT2D eigenvalue weighted by Gasteiger charge is -2.01. The van der Waals surface area contributed by atoms with Gasteiger partial charge in [0.25, 0.3) is 0 Å². The molecule has 1 aromatic carbocycles. The Kier molecular flexibility index (Phi) is 2.30. The summed E-state index contributed by atoms with van der Waals surface area (Å²) in [6.07, 6.45) is 1.83. The quantitative estimate of drug-likeness (QED) is 0.736. The van der Waals surface area contributed by atoms with E-state index in [4.69, 9.17) is 11.6 Å². The van der Waals surface area contributed by atoms with E-state index in [-0.39, 0.29) is 10.8 Å². The lowest BCUT2D eigenvalue weighted by Crippen LogP contribution is -1.84. The predicted octanol–water partition coefficient (Wildman–Crippen LogP) is 3.78. The zero-order valence-electron chi connectivity index (χ0n) is 7.64. The van der Waals surface area contributed by atoms with E-state index >= 15 is 0 Å². The molecule has 0 atom stereocenters. The van der Waals surface area contributed by atoms with E-state index in [1.807, 2.05) is 19.2 Å². The van der Waals surface area contributed by atoms with E-state index in [0.717, 1.165) is 11.3 Å². The van der Waals surface area contributed by atoms with Gasteiger partial charge in [0.1, 0.15) is 0 Å². The molecule has 1 N–H and O–H groups in total. The summed E-state index contributed by atoms with van der Waals surface area (Å²) in [5.74, 6) is -0.379. The minimum atomic E-state index is -0.379. The largest absolute Gasteiger partial charge is 0.361 e. The molecule has 1 aromatic heterocycles. The monoisotopic (exact) mass is 209 g/mol. The van der Waals surface area contributed by atoms with Crippen LogP contribution in [0, 0.1) is 12.7 Å². The van der Waals surface area contributed by atoms with Crippen LogP contribution >= 0.6 is 11.6 Å². The third-order valence-electron chi connectivity index (χ3n) is 2.07. The Bertz CT molecular complexity index is 462. The zero-order chi connectivity index (χ0) is 10.1. The Morgan fingerprint density at radius 2 is 2.14 bits per heavy atom. The molecule has 0 aliphatic carbocycles. The van der Waals surface area contributed by atoms with Crippen molar-refractivity contribution in [2.24, 2.45) is 0 Å². The van der Waals surface area contributed by atoms with Gasteiger partial charge in [-0.25, -0.2) is 4.39 Å². The minimum absolute atomic E-state index is 0.148. The molecule has 0 saturated heterocycles. The van der Waals surface area contributed by atoms with Gasteiger partial charge >= 0.3 is 0 Å². The smallest absolute Gasteiger partial charge is 0.151 e. The molecular formula is C11H9ClFN. The van der Waals surface area contributed by atoms with Gasteiger partial charge in [0.05, 0.1) is 5.02 Å². The zero-order valence-corrected chi connectivity index (χ0v) is 8.40. The van der Waals surface area contributed by atoms with Crippen LogP contribution in [-0.2, 0) is 0 Å². The Balaban J connectivity index is 2.57. The molecule has 0 radical (unpaired) electrons. The van der Waals surface area contributed by atoms with E-state index in [1.54, 1.807) is 12.1 Å². The van der Waals surface area contributed by atoms with E-state index in [1.165, 1.54) is 6.07 Å². The maximum absolute atomic E-state index is 13.5. The molecule has 14 heavy (non-hydrogen) atoms. The lowest BCUT2D eigenvalue weighted by molar-refractivity contribution is 0.631. The normalized spacial score (nSPS) is 10.5. The number of rotatable bonds is 1. The van der Waals surface area contributed by atoms with Crippen molar-refractivity contribution in [3.63, 3.8) is 0 Å². The first-order valence-corrected chi connectivity index (χ1v) is 4.65. The summed E-state index contributed by atoms with van der Waals surface area (Å²) >= 11 is 5.68. The Morgan fingerprint density at radius 1 is 1.36 bits per heavy atom. The van der Waals surface area contributed by atoms with Crippen LogP contribution in [0.25, 0.3) is 11.3 Å². The molecule has 1 heterocycles. The summed E-state index contributed by atoms with van der Waals surface area (Å²) in [5, 5.41) is 0.148. The van der Waals surface area contributed by atoms with E-state index in [9.17, 15) is 4.39 Å². The fraction of sp³-hybridized carbons (Fsp3) is 0.0909. The maximum atomic E-state index is 13.5. The van der Waals surface area contributed by atoms with Crippen molar-refractivity contribution >= 4 is 11.6 Å². The summed E-state index contributed by atoms with van der Waals surface area (Å²) in [5.41, 5.74) is 2.33. The van der Waals surface area contributed by atoms with Crippen LogP contribution < -0.4 is 0 Å². The van der Waals surface area contributed by atoms with Gasteiger partial charge in [0.15, 0.2) is 5.82 Å². The van der Waals surface area contributed by atoms with Crippen molar-refractivity contribution in [2.45, 2.75) is 6.92 Å². The van der Waals surface area contributed by atoms with Crippen LogP contribution in [0.2, 0.25) is 5.02 Å². The van der Waals surface area contributed by atoms with Crippen LogP contribution in [0.1, 0.15) is 5.56 Å². The predicted molar refractivity (Wildman–Crippen MR) is 55.9 cm³/mol. The van der Waals surface area contributed by atoms with Crippen molar-refractivity contribution < 1.29 is 4.39 Å². The van der Waals surface area contributed by atoms with Crippen LogP contribution in [0.3, 0.4) is 0 Å². The average molecular weight is 210 g/mol. The second kappa shape index (κ2) is 3.46. The van der Waals surface area contributed by atoms with Gasteiger partial charge in [-0.05, 0) is 30.7 Å². The number of aromatic nitrogens is 1. The second-order valence-electron chi connectivity index (χ2n) is 3.19. The Hall–Kier alpha value is -1.28. The van der Waals surface area contributed by atoms with Gasteiger partial charge in [-0.1, -0.05) is 17.7 Å². The lowest BCUT2D eigenvalue weighted by atomic mass is 10.1. The molecule has 0 fully saturated rings. The molecule has 0 bridgehead atoms. The fourth-order valence-electron chi connectivity index (χ4n) is 1.37. The summed E-state index contributed by atoms with van der Waals surface area (Å²) < 4.78 is 13.5. The fourth-order valence-corrected chi connectivity index (χ4v) is 1.54. The number of hydrogen-bond acceptors (Lipinski definition) is 0. The summed E-state index contributed by atoms with van der Waals surface area (Å²) in [6, 6.07) is 6.86. The van der Waals surface area contributed by atoms with Crippen LogP contribution in [0.5, 0.6) is 0 Å². The first-order chi connectivity index (χ1) is 6.68. The number of aromatic amines is 1. The number of nitrogens with one attached hydrogen (secondary N) is 1. The van der Waals surface area contributed by atoms with Gasteiger partial charge in [-0.3, -0.25) is 0 Å². The van der Waals surface area contributed by atoms with Gasteiger partial charge in [-0.15, -0.1) is 0 Å². The van der Waals surface area contributed by atoms with Crippen molar-refractivity contribution in [3.8, 4) is 11.3 Å². The van der Waals surface area contributed by atoms with E-state index in [2.05, 4.69) is 4.98 Å². The van der Waals surface area contributed by atoms with Crippen LogP contribution in [0.4, 0.5) is 4.39 Å². The van der Waals surface area contributed by atoms with Crippen molar-refractivity contribution in [1.82, 2.24) is 4.98 Å². The van der Waals surface area contributed by atoms with Gasteiger partial charge in [0, 0.05) is 17.5 Å². The molecule has 72 valence electrons. The Morgan fingerprint density at radius 3 is 2.79 bits per heavy atom. The third kappa shape index (κ3) is 1.53. The molecule has 0 aliphatic heterocycles. The molecule has 2 aromatic rings. The molecule has 0 unspecified atom stereocenters. The van der Waals surface area contributed by atoms with Gasteiger partial charge in [-0.2, -0.15) is 0 Å². The summed E-state index contributed by atoms with van der Waals surface area (Å²) in [6.45, 7) is 1.95. The van der Waals surface area contributed by atoms with E-state index in [0.29, 0.717) is 5.56 Å². The molecule has 3 heteroatoms. The number of halogens is 2. The first kappa shape index (κ1) is 9.28. The molecule has 0 saturated carbocycles. The Labute approximate surface area is 86.5 Å². The highest BCUT2D eigenvalue weighted by Gasteiger charge is 2.08. The number of aryl methyl sites for hydroxylation is 1. The van der Waals surface area contributed by atoms with Crippen molar-refractivity contribution in [1.29, 1.82) is 0 Å². The molecular weight excluding hydrogens is 201 g/mol. The molecule has 0 amide bonds. The van der Waals surface area contributed by atoms with E-state index < -0.39 is 0 Å². The highest BCUT2D eigenvalue weighted by molar-refractivity contribution is 6.31. The van der Waals surface area contributed by atoms with Crippen LogP contribution in [-0.4, -0.2) is 4.98 Å². The highest BCUT2D eigenvalue weighted by Crippen LogP contribution is 2.26. The topological polar surface area (TPSA) is 15.8 Å². The highest BCUT2D eigenvalue weighted by atomic mass is 35.5. The molecule has 0 aliphatic rings. The molecule has 2 rings (SSSR count). The minimum Gasteiger partial charge on any atom is -0.361 e. The molecule has 1 nitrogen and oxygen atoms in total. The standard InChI is InChI=1S/C11H9ClFN/c1-7-5-10(14-6-7)8-3-2-4-9(12)11(8)13/h2-6,14H,1H3. The number of hydrogen-bond donors (Lipinski definition) is 1. The molecule has 0 spiro atoms. The number of H-pyrrole nitrogens is 1. The SMILES string of the molecule is Cc1c[nH]c(-c2cccc(Cl)c2F)c1. The van der Waals surface area contributed by atoms with Gasteiger partial charge < -0.3 is 4.98 Å². The summed E-state index contributed by atoms with van der Waals surface area (Å²) in [4.78, 5) is 2.99. The maximum Gasteiger partial charge on any atom is 0.151 e. The second-order valence-corrected chi connectivity index (χ2v) is 3.60. The average Bonchev–Trinajstić information content (AvgIpc) is 2.57. The van der Waals surface area contributed by atoms with Crippen molar-refractivity contribution in [3.05, 3.63) is 46.9 Å².